The van der Waals surface area contributed by atoms with E-state index in [1.54, 1.807) is 24.3 Å². The van der Waals surface area contributed by atoms with Gasteiger partial charge in [-0.2, -0.15) is 8.62 Å². The summed E-state index contributed by atoms with van der Waals surface area (Å²) in [5.41, 5.74) is 6.38. The molecule has 1 aliphatic rings. The molecule has 68 heavy (non-hydrogen) atoms. The van der Waals surface area contributed by atoms with Crippen molar-refractivity contribution >= 4 is 78.8 Å². The summed E-state index contributed by atoms with van der Waals surface area (Å²) in [6.07, 6.45) is -1.92. The number of hydrogen-bond donors (Lipinski definition) is 6. The fourth-order valence-electron chi connectivity index (χ4n) is 6.90. The number of fused-ring (bicyclic) bond motifs is 2. The summed E-state index contributed by atoms with van der Waals surface area (Å²) in [5, 5.41) is 13.5. The van der Waals surface area contributed by atoms with Crippen LogP contribution in [0.15, 0.2) is 66.1 Å². The molecule has 0 spiro atoms. The molecule has 0 amide bonds. The van der Waals surface area contributed by atoms with Crippen molar-refractivity contribution in [1.82, 2.24) is 24.2 Å². The maximum Gasteiger partial charge on any atom is 0.508 e. The van der Waals surface area contributed by atoms with Crippen LogP contribution in [0.3, 0.4) is 0 Å². The van der Waals surface area contributed by atoms with Gasteiger partial charge in [0.25, 0.3) is 5.69 Å². The Morgan fingerprint density at radius 3 is 2.44 bits per heavy atom. The number of carbonyl (C=O) groups is 1. The van der Waals surface area contributed by atoms with Gasteiger partial charge in [-0.3, -0.25) is 19.2 Å². The number of anilines is 2. The van der Waals surface area contributed by atoms with Gasteiger partial charge in [0.15, 0.2) is 23.0 Å². The van der Waals surface area contributed by atoms with E-state index >= 15 is 0 Å². The van der Waals surface area contributed by atoms with Gasteiger partial charge < -0.3 is 53.9 Å². The van der Waals surface area contributed by atoms with Crippen molar-refractivity contribution in [3.63, 3.8) is 0 Å². The Bertz CT molecular complexity index is 2920. The van der Waals surface area contributed by atoms with Gasteiger partial charge in [0.1, 0.15) is 36.9 Å². The summed E-state index contributed by atoms with van der Waals surface area (Å²) in [6.45, 7) is -1.57. The summed E-state index contributed by atoms with van der Waals surface area (Å²) >= 11 is 0. The zero-order chi connectivity index (χ0) is 49.6. The van der Waals surface area contributed by atoms with E-state index in [-0.39, 0.29) is 58.5 Å². The number of sulfonamides is 1. The third-order valence-corrected chi connectivity index (χ3v) is 15.2. The first-order valence-corrected chi connectivity index (χ1v) is 25.8. The zero-order valence-corrected chi connectivity index (χ0v) is 39.5. The Labute approximate surface area is 385 Å². The lowest BCUT2D eigenvalue weighted by Gasteiger charge is -2.21. The van der Waals surface area contributed by atoms with Gasteiger partial charge in [-0.1, -0.05) is 24.3 Å². The Hall–Kier alpha value is -5.38. The highest BCUT2D eigenvalue weighted by molar-refractivity contribution is 7.89. The van der Waals surface area contributed by atoms with Gasteiger partial charge in [-0.05, 0) is 37.5 Å². The first-order valence-electron chi connectivity index (χ1n) is 19.8. The Morgan fingerprint density at radius 2 is 1.74 bits per heavy atom. The molecular formula is C36H45N8O20P3S. The number of phosphoric ester groups is 1. The second-order valence-electron chi connectivity index (χ2n) is 14.7. The van der Waals surface area contributed by atoms with Crippen LogP contribution in [-0.4, -0.2) is 112 Å². The predicted molar refractivity (Wildman–Crippen MR) is 236 cm³/mol. The highest BCUT2D eigenvalue weighted by atomic mass is 32.2. The molecule has 2 unspecified atom stereocenters. The molecule has 5 aromatic rings. The third kappa shape index (κ3) is 13.2. The number of nitrogen functional groups attached to an aromatic ring is 1. The van der Waals surface area contributed by atoms with Crippen LogP contribution >= 0.6 is 23.5 Å². The average Bonchev–Trinajstić information content (AvgIpc) is 3.87. The fourth-order valence-corrected chi connectivity index (χ4v) is 11.2. The molecule has 5 atom stereocenters. The molecule has 32 heteroatoms. The third-order valence-electron chi connectivity index (χ3n) is 9.85. The predicted octanol–water partition coefficient (Wildman–Crippen LogP) is 4.42. The van der Waals surface area contributed by atoms with E-state index in [1.807, 2.05) is 31.1 Å². The molecule has 370 valence electrons. The van der Waals surface area contributed by atoms with Gasteiger partial charge in [-0.15, -0.1) is 0 Å². The van der Waals surface area contributed by atoms with Crippen LogP contribution in [0.2, 0.25) is 0 Å². The number of phosphoric acid groups is 3. The van der Waals surface area contributed by atoms with Crippen LogP contribution in [0.5, 0.6) is 11.5 Å². The van der Waals surface area contributed by atoms with Gasteiger partial charge in [0.2, 0.25) is 10.0 Å². The van der Waals surface area contributed by atoms with Gasteiger partial charge in [-0.25, -0.2) is 46.6 Å². The molecule has 1 saturated heterocycles. The van der Waals surface area contributed by atoms with Crippen molar-refractivity contribution in [2.75, 3.05) is 51.6 Å². The van der Waals surface area contributed by atoms with Crippen molar-refractivity contribution in [2.45, 2.75) is 55.6 Å². The summed E-state index contributed by atoms with van der Waals surface area (Å²) in [5.74, 6) is 0.0373. The average molecular weight is 1030 g/mol. The van der Waals surface area contributed by atoms with E-state index in [1.165, 1.54) is 24.1 Å². The number of methoxy groups -OCH3 is 1. The van der Waals surface area contributed by atoms with E-state index in [2.05, 4.69) is 28.3 Å². The number of nitro benzene ring substituents is 1. The molecule has 0 bridgehead atoms. The lowest BCUT2D eigenvalue weighted by molar-refractivity contribution is -0.385. The minimum atomic E-state index is -5.88. The SMILES string of the molecule is COc1cc(COC(=O)O[C@H]2C[C@H](n3cnc4c(N)ncnc43)O[C@@H]2COP(=O)(O)OP(=O)(O)OP(=O)(O)O)c([N+](=O)[O-])cc1OCCCCCNS(=O)(=O)c1cccc2c(N(C)C)cccc12. The number of aromatic nitrogens is 4. The minimum absolute atomic E-state index is 0.00522. The minimum Gasteiger partial charge on any atom is -0.493 e. The molecule has 2 aromatic heterocycles. The number of nitrogens with one attached hydrogen (secondary N) is 1. The zero-order valence-electron chi connectivity index (χ0n) is 36.0. The molecule has 3 heterocycles. The molecule has 1 aliphatic heterocycles. The van der Waals surface area contributed by atoms with Crippen molar-refractivity contribution in [2.24, 2.45) is 0 Å². The smallest absolute Gasteiger partial charge is 0.493 e. The molecule has 7 N–H and O–H groups in total. The Balaban J connectivity index is 1.05. The molecule has 6 rings (SSSR count). The molecular weight excluding hydrogens is 989 g/mol. The van der Waals surface area contributed by atoms with Crippen LogP contribution in [0.1, 0.15) is 37.5 Å². The van der Waals surface area contributed by atoms with Gasteiger partial charge >= 0.3 is 29.6 Å². The number of nitrogens with two attached hydrogens (primary N) is 1. The monoisotopic (exact) mass is 1030 g/mol. The fraction of sp³-hybridized carbons (Fsp3) is 0.389. The largest absolute Gasteiger partial charge is 0.508 e. The lowest BCUT2D eigenvalue weighted by atomic mass is 10.1. The van der Waals surface area contributed by atoms with E-state index in [0.29, 0.717) is 24.6 Å². The van der Waals surface area contributed by atoms with Crippen molar-refractivity contribution in [3.05, 3.63) is 76.9 Å². The molecule has 1 fully saturated rings. The number of hydrogen-bond acceptors (Lipinski definition) is 21. The van der Waals surface area contributed by atoms with Crippen molar-refractivity contribution < 1.29 is 88.2 Å². The van der Waals surface area contributed by atoms with Crippen molar-refractivity contribution in [1.29, 1.82) is 0 Å². The summed E-state index contributed by atoms with van der Waals surface area (Å²) in [6, 6.07) is 12.8. The standard InChI is InChI=1S/C36H45N8O20P3S/c1-42(2)25-11-7-10-24-23(25)9-8-12-31(24)68(55,56)41-13-5-4-6-14-58-28-16-26(44(46)47)22(15-27(28)57-3)18-59-36(45)62-29-17-32(43-21-40-33-34(37)38-20-39-35(33)43)61-30(29)19-60-66(51,52)64-67(53,54)63-65(48,49)50/h7-12,15-16,20-21,29-30,32,41H,4-6,13-14,17-19H2,1-3H3,(H,51,52)(H,53,54)(H2,37,38,39)(H2,48,49,50)/t29-,30+,32+/m0/s1. The summed E-state index contributed by atoms with van der Waals surface area (Å²) in [7, 11) is -16.1. The maximum absolute atomic E-state index is 13.3. The highest BCUT2D eigenvalue weighted by Crippen LogP contribution is 2.66. The number of nitro groups is 1. The second kappa shape index (κ2) is 21.5. The molecule has 0 saturated carbocycles. The lowest BCUT2D eigenvalue weighted by Crippen LogP contribution is -2.31. The first-order chi connectivity index (χ1) is 32.0. The number of benzene rings is 3. The number of ether oxygens (including phenoxy) is 5. The van der Waals surface area contributed by atoms with Gasteiger partial charge in [0, 0.05) is 43.5 Å². The Kier molecular flexibility index (Phi) is 16.4. The summed E-state index contributed by atoms with van der Waals surface area (Å²) in [4.78, 5) is 75.9. The van der Waals surface area contributed by atoms with Crippen LogP contribution in [0.25, 0.3) is 21.9 Å². The van der Waals surface area contributed by atoms with Crippen LogP contribution < -0.4 is 24.8 Å². The van der Waals surface area contributed by atoms with Gasteiger partial charge in [0.05, 0.1) is 48.1 Å². The number of unbranched alkanes of at least 4 members (excludes halogenated alkanes) is 2. The molecule has 3 aromatic carbocycles. The number of imidazole rings is 1. The Morgan fingerprint density at radius 1 is 1.00 bits per heavy atom. The number of nitrogens with zero attached hydrogens (tertiary/aromatic N) is 6. The van der Waals surface area contributed by atoms with Crippen molar-refractivity contribution in [3.8, 4) is 11.5 Å². The molecule has 28 nitrogen and oxygen atoms in total. The number of rotatable bonds is 23. The first kappa shape index (κ1) is 52.0. The topological polar surface area (TPSA) is 385 Å². The quantitative estimate of drug-likeness (QED) is 0.0173. The van der Waals surface area contributed by atoms with E-state index < -0.39 is 81.9 Å². The van der Waals surface area contributed by atoms with E-state index in [0.717, 1.165) is 23.5 Å². The maximum atomic E-state index is 13.3. The normalized spacial score (nSPS) is 18.2. The van der Waals surface area contributed by atoms with E-state index in [4.69, 9.17) is 43.7 Å². The number of carbonyl (C=O) groups excluding carboxylic acids is 1. The van der Waals surface area contributed by atoms with E-state index in [9.17, 15) is 46.8 Å². The summed E-state index contributed by atoms with van der Waals surface area (Å²) < 4.78 is 106. The second-order valence-corrected chi connectivity index (χ2v) is 20.9. The van der Waals surface area contributed by atoms with Crippen LogP contribution in [-0.2, 0) is 57.7 Å². The van der Waals surface area contributed by atoms with Crippen LogP contribution in [0, 0.1) is 10.1 Å². The highest BCUT2D eigenvalue weighted by Gasteiger charge is 2.45. The molecule has 0 aliphatic carbocycles. The molecule has 0 radical (unpaired) electrons. The van der Waals surface area contributed by atoms with Crippen LogP contribution in [0.4, 0.5) is 22.0 Å².